The van der Waals surface area contributed by atoms with Crippen LogP contribution in [0.3, 0.4) is 0 Å². The van der Waals surface area contributed by atoms with Crippen LogP contribution in [0.15, 0.2) is 4.42 Å². The van der Waals surface area contributed by atoms with E-state index in [1.165, 1.54) is 0 Å². The van der Waals surface area contributed by atoms with E-state index >= 15 is 0 Å². The lowest BCUT2D eigenvalue weighted by molar-refractivity contribution is 0.0909. The molecule has 3 N–H and O–H groups in total. The first-order chi connectivity index (χ1) is 5.59. The van der Waals surface area contributed by atoms with Gasteiger partial charge in [0.15, 0.2) is 0 Å². The second kappa shape index (κ2) is 3.21. The quantitative estimate of drug-likeness (QED) is 0.640. The molecule has 0 unspecified atom stereocenters. The van der Waals surface area contributed by atoms with Crippen molar-refractivity contribution in [3.05, 3.63) is 5.89 Å². The van der Waals surface area contributed by atoms with Crippen molar-refractivity contribution in [2.75, 3.05) is 5.73 Å². The molecule has 0 saturated carbocycles. The highest BCUT2D eigenvalue weighted by molar-refractivity contribution is 5.89. The lowest BCUT2D eigenvalue weighted by Gasteiger charge is -2.03. The van der Waals surface area contributed by atoms with Gasteiger partial charge in [-0.2, -0.15) is 0 Å². The van der Waals surface area contributed by atoms with Crippen LogP contribution in [0.2, 0.25) is 0 Å². The molecule has 1 heterocycles. The molecule has 66 valence electrons. The van der Waals surface area contributed by atoms with Crippen molar-refractivity contribution in [1.29, 1.82) is 0 Å². The topological polar surface area (TPSA) is 94.0 Å². The van der Waals surface area contributed by atoms with Gasteiger partial charge >= 0.3 is 17.8 Å². The number of nitrogens with zero attached hydrogens (tertiary/aromatic N) is 2. The van der Waals surface area contributed by atoms with Gasteiger partial charge in [-0.05, 0) is 13.8 Å². The minimum absolute atomic E-state index is 0.0330. The van der Waals surface area contributed by atoms with E-state index in [1.54, 1.807) is 0 Å². The van der Waals surface area contributed by atoms with Crippen molar-refractivity contribution in [3.63, 3.8) is 0 Å². The fourth-order valence-electron chi connectivity index (χ4n) is 0.650. The van der Waals surface area contributed by atoms with E-state index in [0.29, 0.717) is 0 Å². The number of carbonyl (C=O) groups is 1. The van der Waals surface area contributed by atoms with E-state index in [0.717, 1.165) is 0 Å². The molecule has 1 rings (SSSR count). The number of hydrogen-bond donors (Lipinski definition) is 2. The van der Waals surface area contributed by atoms with Crippen LogP contribution in [0.4, 0.5) is 6.01 Å². The molecule has 0 bridgehead atoms. The first-order valence-electron chi connectivity index (χ1n) is 3.49. The Morgan fingerprint density at radius 1 is 1.58 bits per heavy atom. The van der Waals surface area contributed by atoms with Gasteiger partial charge in [-0.3, -0.25) is 4.79 Å². The van der Waals surface area contributed by atoms with Gasteiger partial charge in [0.25, 0.3) is 0 Å². The Kier molecular flexibility index (Phi) is 2.27. The minimum atomic E-state index is -0.408. The highest BCUT2D eigenvalue weighted by Crippen LogP contribution is 1.99. The summed E-state index contributed by atoms with van der Waals surface area (Å²) >= 11 is 0. The monoisotopic (exact) mass is 170 g/mol. The minimum Gasteiger partial charge on any atom is -0.399 e. The number of nitrogen functional groups attached to an aromatic ring is 1. The van der Waals surface area contributed by atoms with Gasteiger partial charge in [-0.25, -0.2) is 0 Å². The highest BCUT2D eigenvalue weighted by Gasteiger charge is 2.13. The number of aromatic nitrogens is 2. The molecule has 0 radical (unpaired) electrons. The van der Waals surface area contributed by atoms with Crippen molar-refractivity contribution in [3.8, 4) is 0 Å². The summed E-state index contributed by atoms with van der Waals surface area (Å²) in [6, 6.07) is -0.0745. The Hall–Kier alpha value is -1.59. The zero-order chi connectivity index (χ0) is 9.14. The van der Waals surface area contributed by atoms with Crippen molar-refractivity contribution < 1.29 is 9.21 Å². The standard InChI is InChI=1S/C6H10N4O2/c1-3(2)8-4(11)5-9-10-6(7)12-5/h3H,1-2H3,(H2,7,10)(H,8,11). The molecule has 0 aliphatic rings. The van der Waals surface area contributed by atoms with E-state index in [2.05, 4.69) is 19.9 Å². The fourth-order valence-corrected chi connectivity index (χ4v) is 0.650. The third-order valence-corrected chi connectivity index (χ3v) is 1.05. The predicted molar refractivity (Wildman–Crippen MR) is 41.3 cm³/mol. The third kappa shape index (κ3) is 1.94. The molecule has 12 heavy (non-hydrogen) atoms. The number of anilines is 1. The van der Waals surface area contributed by atoms with Crippen LogP contribution in [0.25, 0.3) is 0 Å². The molecule has 0 atom stereocenters. The molecule has 1 aromatic heterocycles. The molecule has 0 spiro atoms. The van der Waals surface area contributed by atoms with Crippen molar-refractivity contribution in [1.82, 2.24) is 15.5 Å². The summed E-state index contributed by atoms with van der Waals surface area (Å²) in [7, 11) is 0. The average molecular weight is 170 g/mol. The van der Waals surface area contributed by atoms with Crippen LogP contribution in [0.1, 0.15) is 24.5 Å². The Bertz CT molecular complexity index is 281. The molecule has 6 nitrogen and oxygen atoms in total. The lowest BCUT2D eigenvalue weighted by Crippen LogP contribution is -2.30. The number of amides is 1. The van der Waals surface area contributed by atoms with Gasteiger partial charge in [-0.1, -0.05) is 5.10 Å². The van der Waals surface area contributed by atoms with Crippen LogP contribution in [-0.2, 0) is 0 Å². The normalized spacial score (nSPS) is 10.2. The van der Waals surface area contributed by atoms with Crippen LogP contribution in [0.5, 0.6) is 0 Å². The Morgan fingerprint density at radius 3 is 2.67 bits per heavy atom. The Labute approximate surface area is 69.1 Å². The molecular formula is C6H10N4O2. The first kappa shape index (κ1) is 8.51. The summed E-state index contributed by atoms with van der Waals surface area (Å²) in [5.41, 5.74) is 5.13. The van der Waals surface area contributed by atoms with E-state index in [9.17, 15) is 4.79 Å². The molecular weight excluding hydrogens is 160 g/mol. The smallest absolute Gasteiger partial charge is 0.313 e. The average Bonchev–Trinajstić information content (AvgIpc) is 2.34. The van der Waals surface area contributed by atoms with E-state index in [1.807, 2.05) is 13.8 Å². The summed E-state index contributed by atoms with van der Waals surface area (Å²) in [4.78, 5) is 11.1. The van der Waals surface area contributed by atoms with Gasteiger partial charge < -0.3 is 15.5 Å². The number of carbonyl (C=O) groups excluding carboxylic acids is 1. The number of hydrogen-bond acceptors (Lipinski definition) is 5. The molecule has 0 aliphatic heterocycles. The third-order valence-electron chi connectivity index (χ3n) is 1.05. The molecule has 1 aromatic rings. The maximum Gasteiger partial charge on any atom is 0.313 e. The van der Waals surface area contributed by atoms with Crippen LogP contribution in [0, 0.1) is 0 Å². The zero-order valence-corrected chi connectivity index (χ0v) is 6.87. The predicted octanol–water partition coefficient (Wildman–Crippen LogP) is -0.210. The maximum absolute atomic E-state index is 11.1. The van der Waals surface area contributed by atoms with Crippen LogP contribution >= 0.6 is 0 Å². The van der Waals surface area contributed by atoms with E-state index in [-0.39, 0.29) is 17.9 Å². The molecule has 1 amide bonds. The number of rotatable bonds is 2. The second-order valence-electron chi connectivity index (χ2n) is 2.57. The van der Waals surface area contributed by atoms with Crippen LogP contribution < -0.4 is 11.1 Å². The summed E-state index contributed by atoms with van der Waals surface area (Å²) in [6.07, 6.45) is 0. The SMILES string of the molecule is CC(C)NC(=O)c1nnc(N)o1. The van der Waals surface area contributed by atoms with E-state index in [4.69, 9.17) is 5.73 Å². The molecule has 0 fully saturated rings. The first-order valence-corrected chi connectivity index (χ1v) is 3.49. The van der Waals surface area contributed by atoms with Gasteiger partial charge in [0.05, 0.1) is 0 Å². The largest absolute Gasteiger partial charge is 0.399 e. The molecule has 0 aliphatic carbocycles. The van der Waals surface area contributed by atoms with Crippen molar-refractivity contribution >= 4 is 11.9 Å². The van der Waals surface area contributed by atoms with E-state index < -0.39 is 5.91 Å². The van der Waals surface area contributed by atoms with Crippen molar-refractivity contribution in [2.45, 2.75) is 19.9 Å². The van der Waals surface area contributed by atoms with Gasteiger partial charge in [-0.15, -0.1) is 5.10 Å². The van der Waals surface area contributed by atoms with Crippen molar-refractivity contribution in [2.24, 2.45) is 0 Å². The summed E-state index contributed by atoms with van der Waals surface area (Å²) < 4.78 is 4.69. The van der Waals surface area contributed by atoms with Crippen LogP contribution in [-0.4, -0.2) is 22.1 Å². The van der Waals surface area contributed by atoms with Gasteiger partial charge in [0.2, 0.25) is 0 Å². The number of nitrogens with two attached hydrogens (primary N) is 1. The summed E-state index contributed by atoms with van der Waals surface area (Å²) in [5, 5.41) is 9.34. The fraction of sp³-hybridized carbons (Fsp3) is 0.500. The lowest BCUT2D eigenvalue weighted by atomic mass is 10.4. The van der Waals surface area contributed by atoms with Gasteiger partial charge in [0.1, 0.15) is 0 Å². The molecule has 6 heteroatoms. The summed E-state index contributed by atoms with van der Waals surface area (Å²) in [5.74, 6) is -0.518. The zero-order valence-electron chi connectivity index (χ0n) is 6.87. The second-order valence-corrected chi connectivity index (χ2v) is 2.57. The van der Waals surface area contributed by atoms with Gasteiger partial charge in [0, 0.05) is 6.04 Å². The Morgan fingerprint density at radius 2 is 2.25 bits per heavy atom. The summed E-state index contributed by atoms with van der Waals surface area (Å²) in [6.45, 7) is 3.66. The maximum atomic E-state index is 11.1. The molecule has 0 aromatic carbocycles. The number of nitrogens with one attached hydrogen (secondary N) is 1. The molecule has 0 saturated heterocycles. The highest BCUT2D eigenvalue weighted by atomic mass is 16.4. The Balaban J connectivity index is 2.65.